The highest BCUT2D eigenvalue weighted by molar-refractivity contribution is 5.93. The summed E-state index contributed by atoms with van der Waals surface area (Å²) in [5, 5.41) is 5.62. The first-order valence-electron chi connectivity index (χ1n) is 13.2. The van der Waals surface area contributed by atoms with Crippen molar-refractivity contribution in [3.8, 4) is 12.5 Å². The predicted octanol–water partition coefficient (Wildman–Crippen LogP) is 5.22. The summed E-state index contributed by atoms with van der Waals surface area (Å²) >= 11 is 0. The van der Waals surface area contributed by atoms with Gasteiger partial charge in [0.25, 0.3) is 5.91 Å². The van der Waals surface area contributed by atoms with Gasteiger partial charge in [0.1, 0.15) is 17.7 Å². The lowest BCUT2D eigenvalue weighted by Crippen LogP contribution is -2.52. The summed E-state index contributed by atoms with van der Waals surface area (Å²) in [6, 6.07) is 24.7. The minimum atomic E-state index is -1.13. The number of benzene rings is 3. The van der Waals surface area contributed by atoms with Crippen LogP contribution in [-0.4, -0.2) is 34.5 Å². The molecule has 0 fully saturated rings. The largest absolute Gasteiger partial charge is 0.444 e. The highest BCUT2D eigenvalue weighted by atomic mass is 16.6. The number of alkyl carbamates (subject to hydrolysis) is 1. The number of aryl methyl sites for hydroxylation is 2. The third-order valence-electron chi connectivity index (χ3n) is 6.19. The molecular formula is C33H37N3O4. The Morgan fingerprint density at radius 3 is 2.10 bits per heavy atom. The number of amides is 3. The quantitative estimate of drug-likeness (QED) is 0.288. The molecule has 0 saturated carbocycles. The van der Waals surface area contributed by atoms with E-state index in [1.165, 1.54) is 0 Å². The molecule has 7 nitrogen and oxygen atoms in total. The maximum absolute atomic E-state index is 14.1. The number of carbonyl (C=O) groups is 3. The van der Waals surface area contributed by atoms with Crippen LogP contribution in [0.15, 0.2) is 78.9 Å². The molecule has 3 aromatic carbocycles. The lowest BCUT2D eigenvalue weighted by molar-refractivity contribution is -0.138. The molecule has 0 aliphatic rings. The Balaban J connectivity index is 1.99. The van der Waals surface area contributed by atoms with Crippen LogP contribution in [0.2, 0.25) is 0 Å². The van der Waals surface area contributed by atoms with E-state index in [-0.39, 0.29) is 13.0 Å². The molecular weight excluding hydrogens is 502 g/mol. The molecule has 0 bridgehead atoms. The van der Waals surface area contributed by atoms with Gasteiger partial charge in [-0.2, -0.15) is 0 Å². The van der Waals surface area contributed by atoms with Crippen LogP contribution in [0.5, 0.6) is 0 Å². The molecule has 0 spiro atoms. The molecule has 0 saturated heterocycles. The van der Waals surface area contributed by atoms with Crippen molar-refractivity contribution in [2.75, 3.05) is 0 Å². The molecule has 3 rings (SSSR count). The highest BCUT2D eigenvalue weighted by Crippen LogP contribution is 2.27. The van der Waals surface area contributed by atoms with E-state index in [4.69, 9.17) is 11.2 Å². The zero-order valence-corrected chi connectivity index (χ0v) is 23.7. The summed E-state index contributed by atoms with van der Waals surface area (Å²) in [6.45, 7) is 9.25. The van der Waals surface area contributed by atoms with Gasteiger partial charge in [0.05, 0.1) is 0 Å². The van der Waals surface area contributed by atoms with Gasteiger partial charge in [0, 0.05) is 19.0 Å². The van der Waals surface area contributed by atoms with Crippen molar-refractivity contribution in [3.05, 3.63) is 107 Å². The average molecular weight is 540 g/mol. The van der Waals surface area contributed by atoms with E-state index >= 15 is 0 Å². The van der Waals surface area contributed by atoms with E-state index in [0.29, 0.717) is 5.56 Å². The summed E-state index contributed by atoms with van der Waals surface area (Å²) in [5.74, 6) is -1.03. The van der Waals surface area contributed by atoms with Crippen LogP contribution in [0.1, 0.15) is 54.6 Å². The first kappa shape index (κ1) is 30.0. The van der Waals surface area contributed by atoms with Gasteiger partial charge in [-0.05, 0) is 56.9 Å². The van der Waals surface area contributed by atoms with Crippen molar-refractivity contribution >= 4 is 17.9 Å². The number of nitrogens with zero attached hydrogens (tertiary/aromatic N) is 1. The second-order valence-corrected chi connectivity index (χ2v) is 10.7. The highest BCUT2D eigenvalue weighted by Gasteiger charge is 2.36. The minimum Gasteiger partial charge on any atom is -0.444 e. The van der Waals surface area contributed by atoms with Crippen molar-refractivity contribution in [1.29, 1.82) is 0 Å². The van der Waals surface area contributed by atoms with Crippen molar-refractivity contribution in [2.24, 2.45) is 0 Å². The van der Waals surface area contributed by atoms with Gasteiger partial charge >= 0.3 is 6.09 Å². The van der Waals surface area contributed by atoms with E-state index in [0.717, 1.165) is 27.2 Å². The Bertz CT molecular complexity index is 1360. The fourth-order valence-corrected chi connectivity index (χ4v) is 4.27. The zero-order chi connectivity index (χ0) is 29.3. The summed E-state index contributed by atoms with van der Waals surface area (Å²) in [5.41, 5.74) is 3.27. The van der Waals surface area contributed by atoms with Crippen LogP contribution in [0.3, 0.4) is 0 Å². The standard InChI is InChI=1S/C33H37N3O4/c1-7-36(31(38)28(21-25-14-10-8-11-15-25)35-32(39)40-33(4,5)6)29(27-20-23(2)18-19-24(27)3)30(37)34-22-26-16-12-9-13-17-26/h1,8-20,28-29H,21-22H2,2-6H3,(H,34,37)(H,35,39). The molecule has 0 heterocycles. The van der Waals surface area contributed by atoms with Crippen LogP contribution < -0.4 is 10.6 Å². The summed E-state index contributed by atoms with van der Waals surface area (Å²) < 4.78 is 5.43. The topological polar surface area (TPSA) is 87.7 Å². The van der Waals surface area contributed by atoms with Crippen molar-refractivity contribution in [1.82, 2.24) is 15.5 Å². The van der Waals surface area contributed by atoms with E-state index in [1.54, 1.807) is 20.8 Å². The number of carbonyl (C=O) groups excluding carboxylic acids is 3. The Hall–Kier alpha value is -4.57. The fourth-order valence-electron chi connectivity index (χ4n) is 4.27. The normalized spacial score (nSPS) is 12.4. The molecule has 2 unspecified atom stereocenters. The molecule has 0 radical (unpaired) electrons. The minimum absolute atomic E-state index is 0.155. The first-order valence-corrected chi connectivity index (χ1v) is 13.2. The molecule has 2 atom stereocenters. The monoisotopic (exact) mass is 539 g/mol. The number of hydrogen-bond donors (Lipinski definition) is 2. The number of terminal acetylenes is 1. The third kappa shape index (κ3) is 8.47. The van der Waals surface area contributed by atoms with Crippen LogP contribution in [0.25, 0.3) is 0 Å². The van der Waals surface area contributed by atoms with Crippen molar-refractivity contribution < 1.29 is 19.1 Å². The van der Waals surface area contributed by atoms with Crippen molar-refractivity contribution in [3.63, 3.8) is 0 Å². The number of rotatable bonds is 9. The fraction of sp³-hybridized carbons (Fsp3) is 0.303. The maximum Gasteiger partial charge on any atom is 0.408 e. The van der Waals surface area contributed by atoms with Crippen LogP contribution in [0, 0.1) is 26.3 Å². The molecule has 7 heteroatoms. The second kappa shape index (κ2) is 13.5. The maximum atomic E-state index is 14.1. The Morgan fingerprint density at radius 1 is 0.925 bits per heavy atom. The van der Waals surface area contributed by atoms with E-state index < -0.39 is 35.6 Å². The zero-order valence-electron chi connectivity index (χ0n) is 23.7. The van der Waals surface area contributed by atoms with Gasteiger partial charge in [-0.1, -0.05) is 90.8 Å². The van der Waals surface area contributed by atoms with Gasteiger partial charge < -0.3 is 15.4 Å². The summed E-state index contributed by atoms with van der Waals surface area (Å²) in [4.78, 5) is 41.7. The van der Waals surface area contributed by atoms with Crippen molar-refractivity contribution in [2.45, 2.75) is 65.3 Å². The molecule has 3 aromatic rings. The number of ether oxygens (including phenoxy) is 1. The number of nitrogens with one attached hydrogen (secondary N) is 2. The lowest BCUT2D eigenvalue weighted by atomic mass is 9.96. The molecule has 0 aromatic heterocycles. The third-order valence-corrected chi connectivity index (χ3v) is 6.19. The van der Waals surface area contributed by atoms with Gasteiger partial charge in [-0.3, -0.25) is 14.5 Å². The molecule has 3 amide bonds. The molecule has 0 aliphatic heterocycles. The van der Waals surface area contributed by atoms with Crippen LogP contribution in [0.4, 0.5) is 4.79 Å². The van der Waals surface area contributed by atoms with E-state index in [9.17, 15) is 14.4 Å². The van der Waals surface area contributed by atoms with Crippen LogP contribution >= 0.6 is 0 Å². The molecule has 2 N–H and O–H groups in total. The second-order valence-electron chi connectivity index (χ2n) is 10.7. The SMILES string of the molecule is C#CN(C(=O)C(Cc1ccccc1)NC(=O)OC(C)(C)C)C(C(=O)NCc1ccccc1)c1cc(C)ccc1C. The smallest absolute Gasteiger partial charge is 0.408 e. The van der Waals surface area contributed by atoms with E-state index in [1.807, 2.05) is 92.7 Å². The average Bonchev–Trinajstić information content (AvgIpc) is 2.91. The van der Waals surface area contributed by atoms with Gasteiger partial charge in [-0.15, -0.1) is 0 Å². The summed E-state index contributed by atoms with van der Waals surface area (Å²) in [7, 11) is 0. The van der Waals surface area contributed by atoms with Gasteiger partial charge in [0.2, 0.25) is 5.91 Å². The molecule has 208 valence electrons. The lowest BCUT2D eigenvalue weighted by Gasteiger charge is -2.31. The number of hydrogen-bond acceptors (Lipinski definition) is 4. The van der Waals surface area contributed by atoms with Gasteiger partial charge in [0.15, 0.2) is 0 Å². The molecule has 40 heavy (non-hydrogen) atoms. The van der Waals surface area contributed by atoms with Crippen LogP contribution in [-0.2, 0) is 27.3 Å². The summed E-state index contributed by atoms with van der Waals surface area (Å²) in [6.07, 6.45) is 5.34. The predicted molar refractivity (Wildman–Crippen MR) is 156 cm³/mol. The van der Waals surface area contributed by atoms with Gasteiger partial charge in [-0.25, -0.2) is 4.79 Å². The van der Waals surface area contributed by atoms with E-state index in [2.05, 4.69) is 16.7 Å². The Labute approximate surface area is 236 Å². The first-order chi connectivity index (χ1) is 19.0. The molecule has 0 aliphatic carbocycles. The Kier molecular flexibility index (Phi) is 10.1. The Morgan fingerprint density at radius 2 is 1.52 bits per heavy atom.